The molecule has 1 aromatic rings. The third-order valence-electron chi connectivity index (χ3n) is 3.59. The van der Waals surface area contributed by atoms with Crippen molar-refractivity contribution in [2.45, 2.75) is 26.2 Å². The van der Waals surface area contributed by atoms with Crippen LogP contribution in [0.5, 0.6) is 0 Å². The minimum absolute atomic E-state index is 0.0183. The molecule has 1 aromatic heterocycles. The van der Waals surface area contributed by atoms with Crippen LogP contribution in [0.3, 0.4) is 0 Å². The molecule has 0 bridgehead atoms. The van der Waals surface area contributed by atoms with Crippen molar-refractivity contribution >= 4 is 40.3 Å². The zero-order valence-corrected chi connectivity index (χ0v) is 12.5. The second-order valence-electron chi connectivity index (χ2n) is 4.99. The molecule has 1 aliphatic carbocycles. The van der Waals surface area contributed by atoms with Gasteiger partial charge in [-0.25, -0.2) is 0 Å². The van der Waals surface area contributed by atoms with Crippen LogP contribution in [0.4, 0.5) is 0 Å². The van der Waals surface area contributed by atoms with Crippen LogP contribution < -0.4 is 0 Å². The van der Waals surface area contributed by atoms with Gasteiger partial charge < -0.3 is 4.42 Å². The van der Waals surface area contributed by atoms with E-state index in [4.69, 9.17) is 16.6 Å². The lowest BCUT2D eigenvalue weighted by Gasteiger charge is -2.09. The number of hydrogen-bond acceptors (Lipinski definition) is 4. The summed E-state index contributed by atoms with van der Waals surface area (Å²) in [5.41, 5.74) is 0. The Hall–Kier alpha value is -1.07. The molecule has 1 saturated carbocycles. The summed E-state index contributed by atoms with van der Waals surface area (Å²) >= 11 is 6.52. The number of nitrogens with zero attached hydrogens (tertiary/aromatic N) is 1. The maximum absolute atomic E-state index is 12.1. The Balaban J connectivity index is 1.80. The Bertz CT molecular complexity index is 576. The molecule has 0 spiro atoms. The van der Waals surface area contributed by atoms with Gasteiger partial charge in [-0.2, -0.15) is 0 Å². The first-order chi connectivity index (χ1) is 9.10. The highest BCUT2D eigenvalue weighted by Crippen LogP contribution is 2.47. The lowest BCUT2D eigenvalue weighted by Crippen LogP contribution is -2.27. The molecule has 0 N–H and O–H groups in total. The summed E-state index contributed by atoms with van der Waals surface area (Å²) in [6.45, 7) is 4.76. The first-order valence-corrected chi connectivity index (χ1v) is 7.67. The fourth-order valence-electron chi connectivity index (χ4n) is 2.27. The Morgan fingerprint density at radius 3 is 2.89 bits per heavy atom. The summed E-state index contributed by atoms with van der Waals surface area (Å²) in [5.74, 6) is 3.04. The van der Waals surface area contributed by atoms with Gasteiger partial charge in [0.15, 0.2) is 0 Å². The normalized spacial score (nSPS) is 28.5. The molecule has 3 nitrogen and oxygen atoms in total. The number of amides is 1. The average Bonchev–Trinajstić information content (AvgIpc) is 2.83. The maximum Gasteiger partial charge on any atom is 0.266 e. The maximum atomic E-state index is 12.1. The standard InChI is InChI=1S/C14H15NO2S2/c1-3-15-13(16)12(19-14(15)18)7-9-4-5-11(17-9)10-6-8(10)2/h4-5,7-8,10H,3,6H2,1-2H3/b12-7+. The number of thioether (sulfide) groups is 1. The van der Waals surface area contributed by atoms with Crippen molar-refractivity contribution in [1.29, 1.82) is 0 Å². The molecule has 2 heterocycles. The van der Waals surface area contributed by atoms with Crippen molar-refractivity contribution in [3.05, 3.63) is 28.6 Å². The van der Waals surface area contributed by atoms with Crippen molar-refractivity contribution in [2.75, 3.05) is 6.54 Å². The topological polar surface area (TPSA) is 33.5 Å². The van der Waals surface area contributed by atoms with Gasteiger partial charge in [-0.3, -0.25) is 9.69 Å². The molecule has 100 valence electrons. The minimum Gasteiger partial charge on any atom is -0.461 e. The van der Waals surface area contributed by atoms with Crippen molar-refractivity contribution in [2.24, 2.45) is 5.92 Å². The summed E-state index contributed by atoms with van der Waals surface area (Å²) in [4.78, 5) is 14.3. The summed E-state index contributed by atoms with van der Waals surface area (Å²) in [6.07, 6.45) is 3.00. The highest BCUT2D eigenvalue weighted by atomic mass is 32.2. The zero-order valence-electron chi connectivity index (χ0n) is 10.9. The predicted molar refractivity (Wildman–Crippen MR) is 80.8 cm³/mol. The van der Waals surface area contributed by atoms with Crippen LogP contribution in [-0.4, -0.2) is 21.7 Å². The van der Waals surface area contributed by atoms with Gasteiger partial charge in [0.25, 0.3) is 5.91 Å². The number of hydrogen-bond donors (Lipinski definition) is 0. The zero-order chi connectivity index (χ0) is 13.6. The fourth-order valence-corrected chi connectivity index (χ4v) is 3.63. The Morgan fingerprint density at radius 1 is 1.58 bits per heavy atom. The molecule has 2 aliphatic rings. The van der Waals surface area contributed by atoms with Gasteiger partial charge in [0.05, 0.1) is 4.91 Å². The molecular formula is C14H15NO2S2. The van der Waals surface area contributed by atoms with Crippen LogP contribution in [0.25, 0.3) is 6.08 Å². The van der Waals surface area contributed by atoms with Crippen LogP contribution in [0.2, 0.25) is 0 Å². The molecule has 3 rings (SSSR count). The van der Waals surface area contributed by atoms with Crippen molar-refractivity contribution in [3.8, 4) is 0 Å². The fraction of sp³-hybridized carbons (Fsp3) is 0.429. The van der Waals surface area contributed by atoms with Gasteiger partial charge in [0.1, 0.15) is 15.8 Å². The van der Waals surface area contributed by atoms with Crippen molar-refractivity contribution in [3.63, 3.8) is 0 Å². The summed E-state index contributed by atoms with van der Waals surface area (Å²) in [7, 11) is 0. The van der Waals surface area contributed by atoms with E-state index in [0.29, 0.717) is 21.7 Å². The second kappa shape index (κ2) is 4.80. The number of rotatable bonds is 3. The van der Waals surface area contributed by atoms with Gasteiger partial charge in [-0.05, 0) is 31.4 Å². The van der Waals surface area contributed by atoms with E-state index in [-0.39, 0.29) is 5.91 Å². The third kappa shape index (κ3) is 2.37. The highest BCUT2D eigenvalue weighted by Gasteiger charge is 2.36. The molecule has 2 atom stereocenters. The summed E-state index contributed by atoms with van der Waals surface area (Å²) in [5, 5.41) is 0. The van der Waals surface area contributed by atoms with Crippen molar-refractivity contribution in [1.82, 2.24) is 4.90 Å². The predicted octanol–water partition coefficient (Wildman–Crippen LogP) is 3.62. The largest absolute Gasteiger partial charge is 0.461 e. The van der Waals surface area contributed by atoms with E-state index in [1.807, 2.05) is 19.1 Å². The van der Waals surface area contributed by atoms with E-state index >= 15 is 0 Å². The Morgan fingerprint density at radius 2 is 2.32 bits per heavy atom. The smallest absolute Gasteiger partial charge is 0.266 e. The monoisotopic (exact) mass is 293 g/mol. The first kappa shape index (κ1) is 12.9. The van der Waals surface area contributed by atoms with E-state index in [9.17, 15) is 4.79 Å². The van der Waals surface area contributed by atoms with Gasteiger partial charge in [-0.1, -0.05) is 30.9 Å². The molecule has 1 saturated heterocycles. The van der Waals surface area contributed by atoms with Gasteiger partial charge >= 0.3 is 0 Å². The molecule has 2 fully saturated rings. The van der Waals surface area contributed by atoms with E-state index < -0.39 is 0 Å². The third-order valence-corrected chi connectivity index (χ3v) is 4.96. The Labute approximate surface area is 122 Å². The summed E-state index contributed by atoms with van der Waals surface area (Å²) < 4.78 is 6.41. The van der Waals surface area contributed by atoms with E-state index in [1.165, 1.54) is 18.2 Å². The molecule has 1 aliphatic heterocycles. The van der Waals surface area contributed by atoms with E-state index in [2.05, 4.69) is 6.92 Å². The number of likely N-dealkylation sites (N-methyl/N-ethyl adjacent to an activating group) is 1. The average molecular weight is 293 g/mol. The van der Waals surface area contributed by atoms with Crippen LogP contribution >= 0.6 is 24.0 Å². The quantitative estimate of drug-likeness (QED) is 0.629. The Kier molecular flexibility index (Phi) is 3.27. The number of carbonyl (C=O) groups is 1. The number of carbonyl (C=O) groups excluding carboxylic acids is 1. The molecule has 2 unspecified atom stereocenters. The number of furan rings is 1. The summed E-state index contributed by atoms with van der Waals surface area (Å²) in [6, 6.07) is 3.94. The van der Waals surface area contributed by atoms with Gasteiger partial charge in [0.2, 0.25) is 0 Å². The van der Waals surface area contributed by atoms with Crippen LogP contribution in [0.15, 0.2) is 21.5 Å². The second-order valence-corrected chi connectivity index (χ2v) is 6.66. The molecule has 5 heteroatoms. The number of thiocarbonyl (C=S) groups is 1. The van der Waals surface area contributed by atoms with E-state index in [0.717, 1.165) is 17.4 Å². The van der Waals surface area contributed by atoms with Gasteiger partial charge in [-0.15, -0.1) is 0 Å². The van der Waals surface area contributed by atoms with Crippen molar-refractivity contribution < 1.29 is 9.21 Å². The lowest BCUT2D eigenvalue weighted by atomic mass is 10.3. The lowest BCUT2D eigenvalue weighted by molar-refractivity contribution is -0.121. The first-order valence-electron chi connectivity index (χ1n) is 6.45. The highest BCUT2D eigenvalue weighted by molar-refractivity contribution is 8.26. The molecule has 19 heavy (non-hydrogen) atoms. The SMILES string of the molecule is CCN1C(=O)/C(=C\c2ccc(C3CC3C)o2)SC1=S. The minimum atomic E-state index is -0.0183. The van der Waals surface area contributed by atoms with Crippen LogP contribution in [0.1, 0.15) is 37.7 Å². The molecular weight excluding hydrogens is 278 g/mol. The van der Waals surface area contributed by atoms with Gasteiger partial charge in [0, 0.05) is 18.5 Å². The molecule has 1 amide bonds. The van der Waals surface area contributed by atoms with Crippen LogP contribution in [0, 0.1) is 5.92 Å². The molecule has 0 radical (unpaired) electrons. The molecule has 0 aromatic carbocycles. The van der Waals surface area contributed by atoms with E-state index in [1.54, 1.807) is 11.0 Å². The van der Waals surface area contributed by atoms with Crippen LogP contribution in [-0.2, 0) is 4.79 Å².